The summed E-state index contributed by atoms with van der Waals surface area (Å²) in [5.74, 6) is 0.867. The van der Waals surface area contributed by atoms with E-state index in [9.17, 15) is 0 Å². The summed E-state index contributed by atoms with van der Waals surface area (Å²) in [6, 6.07) is 7.93. The molecule has 2 aromatic rings. The minimum Gasteiger partial charge on any atom is -0.378 e. The van der Waals surface area contributed by atoms with Crippen molar-refractivity contribution in [2.24, 2.45) is 0 Å². The van der Waals surface area contributed by atoms with E-state index in [2.05, 4.69) is 26.0 Å². The number of halogens is 1. The van der Waals surface area contributed by atoms with Crippen LogP contribution in [0, 0.1) is 0 Å². The number of benzene rings is 1. The lowest BCUT2D eigenvalue weighted by atomic mass is 10.2. The van der Waals surface area contributed by atoms with Crippen LogP contribution in [0.3, 0.4) is 0 Å². The van der Waals surface area contributed by atoms with E-state index in [0.717, 1.165) is 34.7 Å². The first-order valence-electron chi connectivity index (χ1n) is 6.53. The molecule has 0 saturated heterocycles. The van der Waals surface area contributed by atoms with Crippen LogP contribution in [0.25, 0.3) is 5.57 Å². The van der Waals surface area contributed by atoms with Gasteiger partial charge in [0.15, 0.2) is 0 Å². The minimum absolute atomic E-state index is 0.765. The molecule has 1 aromatic heterocycles. The summed E-state index contributed by atoms with van der Waals surface area (Å²) in [7, 11) is 2.08. The lowest BCUT2D eigenvalue weighted by molar-refractivity contribution is 0.349. The maximum atomic E-state index is 5.91. The fraction of sp³-hybridized carbons (Fsp3) is 0.286. The summed E-state index contributed by atoms with van der Waals surface area (Å²) in [6.07, 6.45) is 2.04. The van der Waals surface area contributed by atoms with Crippen LogP contribution in [0.15, 0.2) is 35.5 Å². The van der Waals surface area contributed by atoms with Gasteiger partial charge in [0, 0.05) is 29.1 Å². The van der Waals surface area contributed by atoms with E-state index in [1.165, 1.54) is 22.9 Å². The first kappa shape index (κ1) is 14.8. The zero-order valence-corrected chi connectivity index (χ0v) is 13.9. The Morgan fingerprint density at radius 1 is 1.33 bits per heavy atom. The molecule has 1 aliphatic heterocycles. The van der Waals surface area contributed by atoms with Crippen LogP contribution in [0.2, 0.25) is 5.02 Å². The molecular formula is C14H15ClN4S2. The molecule has 0 spiro atoms. The van der Waals surface area contributed by atoms with Gasteiger partial charge in [0.25, 0.3) is 0 Å². The van der Waals surface area contributed by atoms with Gasteiger partial charge < -0.3 is 5.32 Å². The van der Waals surface area contributed by atoms with Crippen LogP contribution in [-0.4, -0.2) is 33.9 Å². The maximum absolute atomic E-state index is 5.91. The summed E-state index contributed by atoms with van der Waals surface area (Å²) in [5, 5.41) is 5.02. The number of hydrogen-bond donors (Lipinski definition) is 1. The molecule has 0 amide bonds. The summed E-state index contributed by atoms with van der Waals surface area (Å²) in [4.78, 5) is 2.21. The fourth-order valence-electron chi connectivity index (χ4n) is 2.06. The average Bonchev–Trinajstić information content (AvgIpc) is 2.95. The van der Waals surface area contributed by atoms with Crippen molar-refractivity contribution < 1.29 is 0 Å². The third kappa shape index (κ3) is 3.77. The molecule has 0 aliphatic carbocycles. The van der Waals surface area contributed by atoms with E-state index >= 15 is 0 Å². The second kappa shape index (κ2) is 6.79. The van der Waals surface area contributed by atoms with Gasteiger partial charge in [-0.25, -0.2) is 0 Å². The molecule has 0 bridgehead atoms. The molecule has 1 aliphatic rings. The maximum Gasteiger partial charge on any atom is 0.138 e. The van der Waals surface area contributed by atoms with Gasteiger partial charge in [-0.1, -0.05) is 35.5 Å². The summed E-state index contributed by atoms with van der Waals surface area (Å²) in [6.45, 7) is 1.77. The van der Waals surface area contributed by atoms with Gasteiger partial charge in [-0.3, -0.25) is 4.90 Å². The van der Waals surface area contributed by atoms with Crippen LogP contribution < -0.4 is 5.32 Å². The number of nitrogens with one attached hydrogen (secondary N) is 1. The monoisotopic (exact) mass is 338 g/mol. The highest BCUT2D eigenvalue weighted by Gasteiger charge is 2.17. The number of hydrogen-bond acceptors (Lipinski definition) is 6. The quantitative estimate of drug-likeness (QED) is 0.866. The number of likely N-dealkylation sites (N-methyl/N-ethyl adjacent to an activating group) is 1. The predicted octanol–water partition coefficient (Wildman–Crippen LogP) is 3.32. The first-order chi connectivity index (χ1) is 10.2. The molecule has 3 rings (SSSR count). The standard InChI is InChI=1S/C14H15ClN4S2/c1-19-7-11(6-16-9-19)13-14(18-21-17-13)20-8-10-2-4-12(15)5-3-10/h2-6,16H,7-9H2,1H3. The zero-order chi connectivity index (χ0) is 14.7. The van der Waals surface area contributed by atoms with Crippen molar-refractivity contribution >= 4 is 40.7 Å². The Labute approximate surface area is 137 Å². The lowest BCUT2D eigenvalue weighted by Crippen LogP contribution is -2.34. The Morgan fingerprint density at radius 3 is 2.90 bits per heavy atom. The van der Waals surface area contributed by atoms with Crippen LogP contribution in [0.1, 0.15) is 11.3 Å². The van der Waals surface area contributed by atoms with Crippen molar-refractivity contribution in [3.63, 3.8) is 0 Å². The lowest BCUT2D eigenvalue weighted by Gasteiger charge is -2.23. The largest absolute Gasteiger partial charge is 0.378 e. The van der Waals surface area contributed by atoms with Gasteiger partial charge in [-0.15, -0.1) is 0 Å². The molecule has 0 radical (unpaired) electrons. The van der Waals surface area contributed by atoms with E-state index < -0.39 is 0 Å². The normalized spacial score (nSPS) is 15.6. The smallest absolute Gasteiger partial charge is 0.138 e. The number of aromatic nitrogens is 2. The Morgan fingerprint density at radius 2 is 2.14 bits per heavy atom. The van der Waals surface area contributed by atoms with Crippen molar-refractivity contribution in [3.05, 3.63) is 46.7 Å². The zero-order valence-electron chi connectivity index (χ0n) is 11.5. The highest BCUT2D eigenvalue weighted by Crippen LogP contribution is 2.30. The Balaban J connectivity index is 1.71. The second-order valence-corrected chi connectivity index (χ2v) is 6.81. The van der Waals surface area contributed by atoms with E-state index in [-0.39, 0.29) is 0 Å². The molecule has 1 aromatic carbocycles. The molecule has 0 fully saturated rings. The first-order valence-corrected chi connectivity index (χ1v) is 8.63. The summed E-state index contributed by atoms with van der Waals surface area (Å²) >= 11 is 8.89. The second-order valence-electron chi connectivity index (χ2n) is 4.88. The number of rotatable bonds is 4. The summed E-state index contributed by atoms with van der Waals surface area (Å²) in [5.41, 5.74) is 3.42. The van der Waals surface area contributed by atoms with Crippen molar-refractivity contribution in [3.8, 4) is 0 Å². The molecule has 7 heteroatoms. The minimum atomic E-state index is 0.765. The molecule has 2 heterocycles. The van der Waals surface area contributed by atoms with E-state index in [4.69, 9.17) is 11.6 Å². The Kier molecular flexibility index (Phi) is 4.80. The van der Waals surface area contributed by atoms with Gasteiger partial charge in [0.2, 0.25) is 0 Å². The van der Waals surface area contributed by atoms with Crippen molar-refractivity contribution in [1.82, 2.24) is 19.0 Å². The van der Waals surface area contributed by atoms with E-state index in [1.807, 2.05) is 30.5 Å². The topological polar surface area (TPSA) is 41.0 Å². The average molecular weight is 339 g/mol. The molecule has 1 N–H and O–H groups in total. The molecule has 4 nitrogen and oxygen atoms in total. The predicted molar refractivity (Wildman–Crippen MR) is 89.5 cm³/mol. The molecular weight excluding hydrogens is 324 g/mol. The van der Waals surface area contributed by atoms with Crippen LogP contribution in [0.5, 0.6) is 0 Å². The molecule has 21 heavy (non-hydrogen) atoms. The third-order valence-electron chi connectivity index (χ3n) is 3.13. The van der Waals surface area contributed by atoms with Crippen LogP contribution in [-0.2, 0) is 5.75 Å². The van der Waals surface area contributed by atoms with Gasteiger partial charge in [-0.2, -0.15) is 8.75 Å². The van der Waals surface area contributed by atoms with Gasteiger partial charge in [0.05, 0.1) is 18.4 Å². The number of thioether (sulfide) groups is 1. The van der Waals surface area contributed by atoms with E-state index in [0.29, 0.717) is 0 Å². The third-order valence-corrected chi connectivity index (χ3v) is 5.06. The van der Waals surface area contributed by atoms with Crippen molar-refractivity contribution in [2.45, 2.75) is 10.8 Å². The summed E-state index contributed by atoms with van der Waals surface area (Å²) < 4.78 is 8.88. The molecule has 0 saturated carbocycles. The Hall–Kier alpha value is -1.08. The van der Waals surface area contributed by atoms with Gasteiger partial charge in [-0.05, 0) is 24.7 Å². The van der Waals surface area contributed by atoms with Crippen molar-refractivity contribution in [1.29, 1.82) is 0 Å². The van der Waals surface area contributed by atoms with Crippen LogP contribution >= 0.6 is 35.1 Å². The fourth-order valence-corrected chi connectivity index (χ4v) is 3.85. The van der Waals surface area contributed by atoms with E-state index in [1.54, 1.807) is 11.8 Å². The van der Waals surface area contributed by atoms with Gasteiger partial charge in [0.1, 0.15) is 10.7 Å². The molecule has 110 valence electrons. The van der Waals surface area contributed by atoms with Crippen molar-refractivity contribution in [2.75, 3.05) is 20.3 Å². The highest BCUT2D eigenvalue weighted by atomic mass is 35.5. The molecule has 0 unspecified atom stereocenters. The number of nitrogens with zero attached hydrogens (tertiary/aromatic N) is 3. The highest BCUT2D eigenvalue weighted by molar-refractivity contribution is 7.98. The SMILES string of the molecule is CN1CNC=C(c2nsnc2SCc2ccc(Cl)cc2)C1. The van der Waals surface area contributed by atoms with Gasteiger partial charge >= 0.3 is 0 Å². The molecule has 0 atom stereocenters. The Bertz CT molecular complexity index is 639. The van der Waals surface area contributed by atoms with Crippen LogP contribution in [0.4, 0.5) is 0 Å².